The molecule has 144 valence electrons. The van der Waals surface area contributed by atoms with E-state index in [-0.39, 0.29) is 16.5 Å². The predicted molar refractivity (Wildman–Crippen MR) is 109 cm³/mol. The Bertz CT molecular complexity index is 1130. The molecule has 0 atom stereocenters. The number of amides is 1. The summed E-state index contributed by atoms with van der Waals surface area (Å²) in [5, 5.41) is 9.61. The molecule has 3 aromatic rings. The zero-order chi connectivity index (χ0) is 19.7. The topological polar surface area (TPSA) is 104 Å². The van der Waals surface area contributed by atoms with E-state index in [2.05, 4.69) is 36.2 Å². The van der Waals surface area contributed by atoms with Crippen molar-refractivity contribution in [3.63, 3.8) is 0 Å². The van der Waals surface area contributed by atoms with Crippen molar-refractivity contribution < 1.29 is 13.2 Å². The van der Waals surface area contributed by atoms with Gasteiger partial charge in [-0.1, -0.05) is 12.1 Å². The van der Waals surface area contributed by atoms with Gasteiger partial charge >= 0.3 is 0 Å². The number of aromatic nitrogens is 2. The second-order valence-electron chi connectivity index (χ2n) is 6.54. The molecule has 0 spiro atoms. The quantitative estimate of drug-likeness (QED) is 0.523. The van der Waals surface area contributed by atoms with E-state index in [1.54, 1.807) is 18.3 Å². The highest BCUT2D eigenvalue weighted by Gasteiger charge is 2.28. The molecule has 0 radical (unpaired) electrons. The van der Waals surface area contributed by atoms with Crippen LogP contribution in [0.2, 0.25) is 0 Å². The van der Waals surface area contributed by atoms with Crippen LogP contribution in [-0.2, 0) is 10.0 Å². The van der Waals surface area contributed by atoms with Gasteiger partial charge in [-0.05, 0) is 65.2 Å². The van der Waals surface area contributed by atoms with Crippen LogP contribution in [-0.4, -0.2) is 30.6 Å². The van der Waals surface area contributed by atoms with Crippen LogP contribution in [0.15, 0.2) is 64.1 Å². The molecule has 1 fully saturated rings. The fourth-order valence-electron chi connectivity index (χ4n) is 2.71. The Kier molecular flexibility index (Phi) is 5.05. The van der Waals surface area contributed by atoms with Crippen molar-refractivity contribution in [2.24, 2.45) is 0 Å². The molecule has 0 bridgehead atoms. The third kappa shape index (κ3) is 4.16. The number of aromatic amines is 1. The first-order valence-electron chi connectivity index (χ1n) is 8.65. The Morgan fingerprint density at radius 2 is 1.96 bits per heavy atom. The number of nitrogens with one attached hydrogen (secondary N) is 3. The Morgan fingerprint density at radius 3 is 2.68 bits per heavy atom. The highest BCUT2D eigenvalue weighted by Crippen LogP contribution is 2.26. The molecule has 0 aliphatic heterocycles. The lowest BCUT2D eigenvalue weighted by Crippen LogP contribution is -2.26. The monoisotopic (exact) mass is 460 g/mol. The van der Waals surface area contributed by atoms with Gasteiger partial charge in [0.2, 0.25) is 10.0 Å². The molecule has 2 aromatic carbocycles. The van der Waals surface area contributed by atoms with Gasteiger partial charge in [0, 0.05) is 28.0 Å². The molecule has 0 unspecified atom stereocenters. The molecule has 1 aliphatic carbocycles. The fourth-order valence-corrected chi connectivity index (χ4v) is 4.47. The van der Waals surface area contributed by atoms with Crippen LogP contribution in [0.5, 0.6) is 0 Å². The molecule has 1 amide bonds. The van der Waals surface area contributed by atoms with Gasteiger partial charge in [0.1, 0.15) is 0 Å². The molecule has 1 aromatic heterocycles. The van der Waals surface area contributed by atoms with Crippen molar-refractivity contribution in [2.75, 3.05) is 5.32 Å². The summed E-state index contributed by atoms with van der Waals surface area (Å²) in [6.07, 6.45) is 3.34. The number of nitrogens with zero attached hydrogens (tertiary/aromatic N) is 1. The Labute approximate surface area is 170 Å². The number of hydrogen-bond acceptors (Lipinski definition) is 4. The molecule has 1 saturated carbocycles. The van der Waals surface area contributed by atoms with Crippen LogP contribution in [0, 0.1) is 0 Å². The van der Waals surface area contributed by atoms with E-state index >= 15 is 0 Å². The second-order valence-corrected chi connectivity index (χ2v) is 9.11. The van der Waals surface area contributed by atoms with E-state index in [1.807, 2.05) is 24.3 Å². The van der Waals surface area contributed by atoms with E-state index < -0.39 is 15.9 Å². The van der Waals surface area contributed by atoms with Gasteiger partial charge in [-0.15, -0.1) is 0 Å². The van der Waals surface area contributed by atoms with E-state index in [1.165, 1.54) is 12.1 Å². The highest BCUT2D eigenvalue weighted by atomic mass is 79.9. The summed E-state index contributed by atoms with van der Waals surface area (Å²) >= 11 is 3.33. The number of H-pyrrole nitrogens is 1. The lowest BCUT2D eigenvalue weighted by molar-refractivity contribution is 0.102. The van der Waals surface area contributed by atoms with Crippen LogP contribution < -0.4 is 10.0 Å². The van der Waals surface area contributed by atoms with Crippen LogP contribution >= 0.6 is 15.9 Å². The number of carbonyl (C=O) groups excluding carboxylic acids is 1. The van der Waals surface area contributed by atoms with Gasteiger partial charge < -0.3 is 5.32 Å². The minimum atomic E-state index is -3.64. The van der Waals surface area contributed by atoms with E-state index in [0.29, 0.717) is 10.2 Å². The van der Waals surface area contributed by atoms with Crippen LogP contribution in [0.3, 0.4) is 0 Å². The fraction of sp³-hybridized carbons (Fsp3) is 0.158. The van der Waals surface area contributed by atoms with Crippen LogP contribution in [0.4, 0.5) is 5.69 Å². The summed E-state index contributed by atoms with van der Waals surface area (Å²) < 4.78 is 28.0. The number of rotatable bonds is 6. The summed E-state index contributed by atoms with van der Waals surface area (Å²) in [4.78, 5) is 12.8. The third-order valence-electron chi connectivity index (χ3n) is 4.32. The van der Waals surface area contributed by atoms with E-state index in [9.17, 15) is 13.2 Å². The molecular formula is C19H17BrN4O3S. The highest BCUT2D eigenvalue weighted by molar-refractivity contribution is 9.10. The van der Waals surface area contributed by atoms with Crippen molar-refractivity contribution >= 4 is 37.5 Å². The standard InChI is InChI=1S/C19H17BrN4O3S/c20-17-7-6-15(28(26,27)24-13-4-5-13)11-16(17)19(25)22-14-3-1-2-12(10-14)18-8-9-21-23-18/h1-3,6-11,13,24H,4-5H2,(H,21,23)(H,22,25). The SMILES string of the molecule is O=C(Nc1cccc(-c2ccn[nH]2)c1)c1cc(S(=O)(=O)NC2CC2)ccc1Br. The number of carbonyl (C=O) groups is 1. The van der Waals surface area contributed by atoms with Gasteiger partial charge in [0.25, 0.3) is 5.91 Å². The number of anilines is 1. The summed E-state index contributed by atoms with van der Waals surface area (Å²) in [6.45, 7) is 0. The minimum Gasteiger partial charge on any atom is -0.322 e. The van der Waals surface area contributed by atoms with Gasteiger partial charge in [-0.25, -0.2) is 13.1 Å². The Hall–Kier alpha value is -2.49. The number of hydrogen-bond donors (Lipinski definition) is 3. The number of sulfonamides is 1. The average Bonchev–Trinajstić information content (AvgIpc) is 3.29. The lowest BCUT2D eigenvalue weighted by atomic mass is 10.1. The third-order valence-corrected chi connectivity index (χ3v) is 6.53. The average molecular weight is 461 g/mol. The Morgan fingerprint density at radius 1 is 1.14 bits per heavy atom. The molecule has 3 N–H and O–H groups in total. The molecule has 0 saturated heterocycles. The van der Waals surface area contributed by atoms with Crippen LogP contribution in [0.25, 0.3) is 11.3 Å². The molecule has 4 rings (SSSR count). The largest absolute Gasteiger partial charge is 0.322 e. The van der Waals surface area contributed by atoms with Gasteiger partial charge in [-0.3, -0.25) is 9.89 Å². The molecule has 1 aliphatic rings. The first-order chi connectivity index (χ1) is 13.4. The molecule has 9 heteroatoms. The smallest absolute Gasteiger partial charge is 0.256 e. The summed E-state index contributed by atoms with van der Waals surface area (Å²) in [5.74, 6) is -0.405. The number of halogens is 1. The van der Waals surface area contributed by atoms with E-state index in [4.69, 9.17) is 0 Å². The maximum atomic E-state index is 12.8. The first kappa shape index (κ1) is 18.9. The van der Waals surface area contributed by atoms with Crippen LogP contribution in [0.1, 0.15) is 23.2 Å². The molecular weight excluding hydrogens is 444 g/mol. The molecule has 28 heavy (non-hydrogen) atoms. The predicted octanol–water partition coefficient (Wildman–Crippen LogP) is 3.53. The van der Waals surface area contributed by atoms with Crippen molar-refractivity contribution in [2.45, 2.75) is 23.8 Å². The molecule has 1 heterocycles. The lowest BCUT2D eigenvalue weighted by Gasteiger charge is -2.11. The van der Waals surface area contributed by atoms with Gasteiger partial charge in [-0.2, -0.15) is 5.10 Å². The van der Waals surface area contributed by atoms with Gasteiger partial charge in [0.05, 0.1) is 16.2 Å². The summed E-state index contributed by atoms with van der Waals surface area (Å²) in [7, 11) is -3.64. The van der Waals surface area contributed by atoms with Crippen molar-refractivity contribution in [3.8, 4) is 11.3 Å². The molecule has 7 nitrogen and oxygen atoms in total. The van der Waals surface area contributed by atoms with E-state index in [0.717, 1.165) is 24.1 Å². The maximum absolute atomic E-state index is 12.8. The Balaban J connectivity index is 1.58. The second kappa shape index (κ2) is 7.50. The van der Waals surface area contributed by atoms with Crippen molar-refractivity contribution in [1.29, 1.82) is 0 Å². The summed E-state index contributed by atoms with van der Waals surface area (Å²) in [6, 6.07) is 13.5. The minimum absolute atomic E-state index is 0.00357. The summed E-state index contributed by atoms with van der Waals surface area (Å²) in [5.41, 5.74) is 2.54. The first-order valence-corrected chi connectivity index (χ1v) is 10.9. The van der Waals surface area contributed by atoms with Gasteiger partial charge in [0.15, 0.2) is 0 Å². The normalized spacial score (nSPS) is 14.0. The zero-order valence-electron chi connectivity index (χ0n) is 14.6. The van der Waals surface area contributed by atoms with Crippen molar-refractivity contribution in [1.82, 2.24) is 14.9 Å². The van der Waals surface area contributed by atoms with Crippen molar-refractivity contribution in [3.05, 3.63) is 64.8 Å². The zero-order valence-corrected chi connectivity index (χ0v) is 17.0. The maximum Gasteiger partial charge on any atom is 0.256 e. The number of benzene rings is 2.